The van der Waals surface area contributed by atoms with Crippen molar-refractivity contribution in [2.75, 3.05) is 38.9 Å². The second-order valence-electron chi connectivity index (χ2n) is 6.72. The van der Waals surface area contributed by atoms with Gasteiger partial charge in [0, 0.05) is 29.4 Å². The number of hydrogen-bond donors (Lipinski definition) is 2. The monoisotopic (exact) mass is 450 g/mol. The van der Waals surface area contributed by atoms with E-state index in [-0.39, 0.29) is 29.9 Å². The molecule has 7 nitrogen and oxygen atoms in total. The number of benzene rings is 2. The molecule has 3 rings (SSSR count). The number of fused-ring (bicyclic) bond motifs is 1. The zero-order valence-electron chi connectivity index (χ0n) is 17.1. The molecular formula is C22H21F3N2O5. The van der Waals surface area contributed by atoms with Crippen LogP contribution in [0.15, 0.2) is 53.3 Å². The van der Waals surface area contributed by atoms with Gasteiger partial charge in [0.05, 0.1) is 25.4 Å². The number of amides is 1. The number of halogens is 3. The molecule has 32 heavy (non-hydrogen) atoms. The topological polar surface area (TPSA) is 89.7 Å². The van der Waals surface area contributed by atoms with E-state index < -0.39 is 23.4 Å². The Hall–Kier alpha value is -3.37. The standard InChI is InChI=1S/C22H21F3N2O5/c1-30-8-9-31-10-11-32-21(29)26-15-7-6-14-12-19(27-20(28)17(14)13-15)16-4-2-3-5-18(16)22(23,24)25/h2-7,12-13H,8-11H2,1H3,(H,26,29)(H,27,28). The SMILES string of the molecule is COCCOCCOC(=O)Nc1ccc2cc(-c3ccccc3C(F)(F)F)[nH]c(=O)c2c1. The van der Waals surface area contributed by atoms with Crippen LogP contribution in [0.5, 0.6) is 0 Å². The van der Waals surface area contributed by atoms with Gasteiger partial charge in [0.15, 0.2) is 0 Å². The molecule has 170 valence electrons. The Labute approximate surface area is 181 Å². The summed E-state index contributed by atoms with van der Waals surface area (Å²) in [5, 5.41) is 3.13. The molecule has 1 heterocycles. The molecule has 0 aliphatic carbocycles. The largest absolute Gasteiger partial charge is 0.447 e. The number of nitrogens with one attached hydrogen (secondary N) is 2. The predicted octanol–water partition coefficient (Wildman–Crippen LogP) is 4.43. The Morgan fingerprint density at radius 1 is 1.03 bits per heavy atom. The van der Waals surface area contributed by atoms with Crippen LogP contribution in [0, 0.1) is 0 Å². The van der Waals surface area contributed by atoms with Gasteiger partial charge in [0.1, 0.15) is 6.61 Å². The lowest BCUT2D eigenvalue weighted by Crippen LogP contribution is -2.17. The van der Waals surface area contributed by atoms with Crippen molar-refractivity contribution in [3.63, 3.8) is 0 Å². The summed E-state index contributed by atoms with van der Waals surface area (Å²) in [7, 11) is 1.55. The lowest BCUT2D eigenvalue weighted by atomic mass is 10.0. The van der Waals surface area contributed by atoms with Crippen molar-refractivity contribution in [3.05, 3.63) is 64.4 Å². The van der Waals surface area contributed by atoms with Gasteiger partial charge in [-0.25, -0.2) is 4.79 Å². The van der Waals surface area contributed by atoms with Gasteiger partial charge >= 0.3 is 12.3 Å². The van der Waals surface area contributed by atoms with Gasteiger partial charge in [0.2, 0.25) is 0 Å². The van der Waals surface area contributed by atoms with Crippen LogP contribution in [0.1, 0.15) is 5.56 Å². The fraction of sp³-hybridized carbons (Fsp3) is 0.273. The third-order valence-corrected chi connectivity index (χ3v) is 4.51. The smallest absolute Gasteiger partial charge is 0.417 e. The highest BCUT2D eigenvalue weighted by Gasteiger charge is 2.33. The average molecular weight is 450 g/mol. The number of anilines is 1. The van der Waals surface area contributed by atoms with Crippen LogP contribution in [-0.4, -0.2) is 44.6 Å². The zero-order chi connectivity index (χ0) is 23.1. The third-order valence-electron chi connectivity index (χ3n) is 4.51. The number of carbonyl (C=O) groups excluding carboxylic acids is 1. The molecule has 0 unspecified atom stereocenters. The molecule has 0 radical (unpaired) electrons. The second-order valence-corrected chi connectivity index (χ2v) is 6.72. The number of pyridine rings is 1. The van der Waals surface area contributed by atoms with Gasteiger partial charge in [-0.15, -0.1) is 0 Å². The zero-order valence-corrected chi connectivity index (χ0v) is 17.1. The van der Waals surface area contributed by atoms with Crippen LogP contribution < -0.4 is 10.9 Å². The van der Waals surface area contributed by atoms with Crippen molar-refractivity contribution in [1.29, 1.82) is 0 Å². The number of rotatable bonds is 8. The lowest BCUT2D eigenvalue weighted by molar-refractivity contribution is -0.137. The number of aromatic amines is 1. The number of H-pyrrole nitrogens is 1. The predicted molar refractivity (Wildman–Crippen MR) is 113 cm³/mol. The summed E-state index contributed by atoms with van der Waals surface area (Å²) >= 11 is 0. The number of ether oxygens (including phenoxy) is 3. The first-order valence-corrected chi connectivity index (χ1v) is 9.64. The molecule has 0 saturated carbocycles. The summed E-state index contributed by atoms with van der Waals surface area (Å²) in [6.45, 7) is 1.05. The van der Waals surface area contributed by atoms with Crippen LogP contribution >= 0.6 is 0 Å². The van der Waals surface area contributed by atoms with Crippen LogP contribution in [0.25, 0.3) is 22.0 Å². The first-order chi connectivity index (χ1) is 15.3. The van der Waals surface area contributed by atoms with Gasteiger partial charge in [-0.05, 0) is 29.7 Å². The van der Waals surface area contributed by atoms with Gasteiger partial charge in [-0.3, -0.25) is 10.1 Å². The summed E-state index contributed by atoms with van der Waals surface area (Å²) in [6, 6.07) is 10.9. The van der Waals surface area contributed by atoms with Crippen molar-refractivity contribution < 1.29 is 32.2 Å². The third kappa shape index (κ3) is 5.86. The molecule has 1 amide bonds. The van der Waals surface area contributed by atoms with Crippen LogP contribution in [0.3, 0.4) is 0 Å². The molecular weight excluding hydrogens is 429 g/mol. The molecule has 2 N–H and O–H groups in total. The first kappa shape index (κ1) is 23.3. The maximum absolute atomic E-state index is 13.3. The summed E-state index contributed by atoms with van der Waals surface area (Å²) in [5.41, 5.74) is -1.21. The van der Waals surface area contributed by atoms with E-state index in [9.17, 15) is 22.8 Å². The summed E-state index contributed by atoms with van der Waals surface area (Å²) in [4.78, 5) is 26.9. The van der Waals surface area contributed by atoms with E-state index in [1.165, 1.54) is 42.5 Å². The minimum atomic E-state index is -4.56. The molecule has 0 saturated heterocycles. The van der Waals surface area contributed by atoms with Crippen LogP contribution in [-0.2, 0) is 20.4 Å². The minimum absolute atomic E-state index is 0.0334. The van der Waals surface area contributed by atoms with Crippen molar-refractivity contribution in [2.24, 2.45) is 0 Å². The Morgan fingerprint density at radius 3 is 2.53 bits per heavy atom. The van der Waals surface area contributed by atoms with E-state index in [1.54, 1.807) is 7.11 Å². The molecule has 0 fully saturated rings. The maximum Gasteiger partial charge on any atom is 0.417 e. The Balaban J connectivity index is 1.75. The molecule has 10 heteroatoms. The first-order valence-electron chi connectivity index (χ1n) is 9.64. The van der Waals surface area contributed by atoms with E-state index in [1.807, 2.05) is 0 Å². The molecule has 2 aromatic carbocycles. The van der Waals surface area contributed by atoms with E-state index >= 15 is 0 Å². The molecule has 3 aromatic rings. The summed E-state index contributed by atoms with van der Waals surface area (Å²) < 4.78 is 55.0. The summed E-state index contributed by atoms with van der Waals surface area (Å²) in [6.07, 6.45) is -5.29. The van der Waals surface area contributed by atoms with Crippen molar-refractivity contribution in [3.8, 4) is 11.3 Å². The van der Waals surface area contributed by atoms with E-state index in [2.05, 4.69) is 10.3 Å². The fourth-order valence-electron chi connectivity index (χ4n) is 3.04. The lowest BCUT2D eigenvalue weighted by Gasteiger charge is -2.13. The molecule has 0 atom stereocenters. The highest BCUT2D eigenvalue weighted by atomic mass is 19.4. The van der Waals surface area contributed by atoms with Crippen molar-refractivity contribution >= 4 is 22.6 Å². The van der Waals surface area contributed by atoms with Crippen molar-refractivity contribution in [2.45, 2.75) is 6.18 Å². The second kappa shape index (κ2) is 10.3. The number of methoxy groups -OCH3 is 1. The molecule has 0 aliphatic heterocycles. The highest BCUT2D eigenvalue weighted by Crippen LogP contribution is 2.36. The van der Waals surface area contributed by atoms with Gasteiger partial charge in [-0.1, -0.05) is 24.3 Å². The Morgan fingerprint density at radius 2 is 1.78 bits per heavy atom. The quantitative estimate of drug-likeness (QED) is 0.496. The van der Waals surface area contributed by atoms with Crippen molar-refractivity contribution in [1.82, 2.24) is 4.98 Å². The van der Waals surface area contributed by atoms with E-state index in [0.29, 0.717) is 24.3 Å². The average Bonchev–Trinajstić information content (AvgIpc) is 2.76. The molecule has 0 aliphatic rings. The number of alkyl halides is 3. The minimum Gasteiger partial charge on any atom is -0.447 e. The normalized spacial score (nSPS) is 11.5. The van der Waals surface area contributed by atoms with Gasteiger partial charge in [0.25, 0.3) is 5.56 Å². The van der Waals surface area contributed by atoms with E-state index in [0.717, 1.165) is 6.07 Å². The molecule has 0 spiro atoms. The van der Waals surface area contributed by atoms with Gasteiger partial charge < -0.3 is 19.2 Å². The van der Waals surface area contributed by atoms with Gasteiger partial charge in [-0.2, -0.15) is 13.2 Å². The number of aromatic nitrogens is 1. The Kier molecular flexibility index (Phi) is 7.49. The molecule has 1 aromatic heterocycles. The van der Waals surface area contributed by atoms with Crippen LogP contribution in [0.4, 0.5) is 23.7 Å². The fourth-order valence-corrected chi connectivity index (χ4v) is 3.04. The number of carbonyl (C=O) groups is 1. The maximum atomic E-state index is 13.3. The highest BCUT2D eigenvalue weighted by molar-refractivity contribution is 5.92. The number of hydrogen-bond acceptors (Lipinski definition) is 5. The Bertz CT molecular complexity index is 1140. The summed E-state index contributed by atoms with van der Waals surface area (Å²) in [5.74, 6) is 0. The molecule has 0 bridgehead atoms. The van der Waals surface area contributed by atoms with Crippen LogP contribution in [0.2, 0.25) is 0 Å². The van der Waals surface area contributed by atoms with E-state index in [4.69, 9.17) is 14.2 Å².